The number of anilines is 1. The molecule has 9 nitrogen and oxygen atoms in total. The molecule has 9 heteroatoms. The van der Waals surface area contributed by atoms with Gasteiger partial charge in [0.15, 0.2) is 18.1 Å². The predicted molar refractivity (Wildman–Crippen MR) is 113 cm³/mol. The number of fused-ring (bicyclic) bond motifs is 2. The number of nitrogens with one attached hydrogen (secondary N) is 1. The monoisotopic (exact) mass is 442 g/mol. The Hall–Kier alpha value is -3.36. The number of nitrogens with zero attached hydrogens (tertiary/aromatic N) is 1. The zero-order valence-electron chi connectivity index (χ0n) is 18.0. The number of hydrogen-bond donors (Lipinski definition) is 1. The quantitative estimate of drug-likeness (QED) is 0.392. The number of amides is 3. The van der Waals surface area contributed by atoms with Crippen LogP contribution in [0.2, 0.25) is 0 Å². The third kappa shape index (κ3) is 4.32. The van der Waals surface area contributed by atoms with Crippen LogP contribution < -0.4 is 14.8 Å². The summed E-state index contributed by atoms with van der Waals surface area (Å²) in [6.07, 6.45) is 5.05. The smallest absolute Gasteiger partial charge is 0.329 e. The first-order valence-electron chi connectivity index (χ1n) is 10.7. The van der Waals surface area contributed by atoms with Gasteiger partial charge >= 0.3 is 5.97 Å². The number of hydrogen-bond acceptors (Lipinski definition) is 7. The lowest BCUT2D eigenvalue weighted by atomic mass is 9.85. The molecule has 4 rings (SSSR count). The normalized spacial score (nSPS) is 22.2. The molecule has 3 amide bonds. The molecule has 1 N–H and O–H groups in total. The van der Waals surface area contributed by atoms with Crippen LogP contribution in [0.3, 0.4) is 0 Å². The highest BCUT2D eigenvalue weighted by molar-refractivity contribution is 6.08. The minimum absolute atomic E-state index is 0.0383. The van der Waals surface area contributed by atoms with Gasteiger partial charge in [0.05, 0.1) is 11.8 Å². The molecule has 1 saturated heterocycles. The summed E-state index contributed by atoms with van der Waals surface area (Å²) in [4.78, 5) is 52.1. The van der Waals surface area contributed by atoms with Gasteiger partial charge in [-0.15, -0.1) is 0 Å². The fourth-order valence-corrected chi connectivity index (χ4v) is 4.29. The van der Waals surface area contributed by atoms with Crippen LogP contribution in [0.1, 0.15) is 33.1 Å². The second-order valence-corrected chi connectivity index (χ2v) is 8.57. The number of allylic oxidation sites excluding steroid dienone is 2. The molecule has 3 aliphatic rings. The van der Waals surface area contributed by atoms with Gasteiger partial charge in [-0.2, -0.15) is 0 Å². The average molecular weight is 442 g/mol. The molecule has 1 fully saturated rings. The molecule has 0 saturated carbocycles. The van der Waals surface area contributed by atoms with E-state index >= 15 is 0 Å². The zero-order chi connectivity index (χ0) is 22.8. The van der Waals surface area contributed by atoms with Crippen molar-refractivity contribution in [2.24, 2.45) is 17.8 Å². The Morgan fingerprint density at radius 2 is 1.75 bits per heavy atom. The standard InChI is InChI=1S/C23H26N2O7/c1-13(2)9-17(25-21(27)15-5-3-4-6-16(15)22(25)28)23(29)30-11-20(26)24-14-7-8-18-19(10-14)32-12-31-18/h3-4,7-8,10,13,15-17H,5-6,9,11-12H2,1-2H3,(H,24,26)/t15-,16+,17-/m0/s1. The van der Waals surface area contributed by atoms with Crippen LogP contribution in [0.15, 0.2) is 30.4 Å². The summed E-state index contributed by atoms with van der Waals surface area (Å²) in [5.74, 6) is -1.69. The highest BCUT2D eigenvalue weighted by atomic mass is 16.7. The second kappa shape index (κ2) is 9.02. The third-order valence-electron chi connectivity index (χ3n) is 5.82. The Morgan fingerprint density at radius 3 is 2.41 bits per heavy atom. The lowest BCUT2D eigenvalue weighted by Crippen LogP contribution is -2.47. The van der Waals surface area contributed by atoms with Gasteiger partial charge in [0.2, 0.25) is 18.6 Å². The Balaban J connectivity index is 1.39. The molecule has 0 aromatic heterocycles. The molecular formula is C23H26N2O7. The van der Waals surface area contributed by atoms with Crippen molar-refractivity contribution in [2.75, 3.05) is 18.7 Å². The number of likely N-dealkylation sites (tertiary alicyclic amines) is 1. The van der Waals surface area contributed by atoms with Crippen LogP contribution in [0.5, 0.6) is 11.5 Å². The number of esters is 1. The predicted octanol–water partition coefficient (Wildman–Crippen LogP) is 2.26. The summed E-state index contributed by atoms with van der Waals surface area (Å²) in [6, 6.07) is 3.88. The third-order valence-corrected chi connectivity index (χ3v) is 5.82. The van der Waals surface area contributed by atoms with Crippen LogP contribution in [0, 0.1) is 17.8 Å². The molecule has 170 valence electrons. The first-order chi connectivity index (χ1) is 15.3. The maximum atomic E-state index is 12.9. The first-order valence-corrected chi connectivity index (χ1v) is 10.7. The fourth-order valence-electron chi connectivity index (χ4n) is 4.29. The molecule has 0 unspecified atom stereocenters. The van der Waals surface area contributed by atoms with E-state index in [9.17, 15) is 19.2 Å². The second-order valence-electron chi connectivity index (χ2n) is 8.57. The Bertz CT molecular complexity index is 945. The average Bonchev–Trinajstić information content (AvgIpc) is 3.33. The summed E-state index contributed by atoms with van der Waals surface area (Å²) in [6.45, 7) is 3.37. The van der Waals surface area contributed by atoms with E-state index in [1.165, 1.54) is 0 Å². The van der Waals surface area contributed by atoms with Crippen LogP contribution >= 0.6 is 0 Å². The van der Waals surface area contributed by atoms with Gasteiger partial charge < -0.3 is 19.5 Å². The zero-order valence-corrected chi connectivity index (χ0v) is 18.0. The molecule has 2 aliphatic heterocycles. The van der Waals surface area contributed by atoms with Crippen LogP contribution in [-0.2, 0) is 23.9 Å². The number of carbonyl (C=O) groups is 4. The minimum Gasteiger partial charge on any atom is -0.454 e. The van der Waals surface area contributed by atoms with Crippen molar-refractivity contribution in [3.05, 3.63) is 30.4 Å². The van der Waals surface area contributed by atoms with E-state index in [1.54, 1.807) is 18.2 Å². The Kier molecular flexibility index (Phi) is 6.16. The molecule has 1 aliphatic carbocycles. The Morgan fingerprint density at radius 1 is 1.09 bits per heavy atom. The highest BCUT2D eigenvalue weighted by Crippen LogP contribution is 2.37. The van der Waals surface area contributed by atoms with E-state index in [0.29, 0.717) is 30.0 Å². The van der Waals surface area contributed by atoms with Gasteiger partial charge in [0.1, 0.15) is 6.04 Å². The lowest BCUT2D eigenvalue weighted by Gasteiger charge is -2.26. The van der Waals surface area contributed by atoms with E-state index in [-0.39, 0.29) is 30.9 Å². The molecule has 1 aromatic carbocycles. The summed E-state index contributed by atoms with van der Waals surface area (Å²) < 4.78 is 15.7. The topological polar surface area (TPSA) is 111 Å². The summed E-state index contributed by atoms with van der Waals surface area (Å²) in [7, 11) is 0. The molecule has 2 heterocycles. The van der Waals surface area contributed by atoms with Crippen molar-refractivity contribution in [3.8, 4) is 11.5 Å². The molecule has 0 bridgehead atoms. The maximum absolute atomic E-state index is 12.9. The van der Waals surface area contributed by atoms with Crippen molar-refractivity contribution in [1.29, 1.82) is 0 Å². The van der Waals surface area contributed by atoms with E-state index in [4.69, 9.17) is 14.2 Å². The van der Waals surface area contributed by atoms with Gasteiger partial charge in [-0.05, 0) is 37.3 Å². The fraction of sp³-hybridized carbons (Fsp3) is 0.478. The molecule has 0 radical (unpaired) electrons. The van der Waals surface area contributed by atoms with Gasteiger partial charge in [0, 0.05) is 11.8 Å². The van der Waals surface area contributed by atoms with Crippen molar-refractivity contribution < 1.29 is 33.4 Å². The van der Waals surface area contributed by atoms with E-state index in [1.807, 2.05) is 26.0 Å². The van der Waals surface area contributed by atoms with Gasteiger partial charge in [-0.1, -0.05) is 26.0 Å². The Labute approximate surface area is 185 Å². The van der Waals surface area contributed by atoms with Crippen molar-refractivity contribution in [2.45, 2.75) is 39.2 Å². The molecular weight excluding hydrogens is 416 g/mol. The van der Waals surface area contributed by atoms with Crippen LogP contribution in [0.25, 0.3) is 0 Å². The molecule has 1 aromatic rings. The highest BCUT2D eigenvalue weighted by Gasteiger charge is 2.51. The van der Waals surface area contributed by atoms with Gasteiger partial charge in [-0.25, -0.2) is 4.79 Å². The van der Waals surface area contributed by atoms with E-state index < -0.39 is 36.4 Å². The maximum Gasteiger partial charge on any atom is 0.329 e. The van der Waals surface area contributed by atoms with E-state index in [2.05, 4.69) is 5.32 Å². The van der Waals surface area contributed by atoms with Crippen molar-refractivity contribution >= 4 is 29.4 Å². The largest absolute Gasteiger partial charge is 0.454 e. The van der Waals surface area contributed by atoms with Gasteiger partial charge in [-0.3, -0.25) is 19.3 Å². The molecule has 0 spiro atoms. The summed E-state index contributed by atoms with van der Waals surface area (Å²) in [5, 5.41) is 2.63. The minimum atomic E-state index is -1.04. The number of rotatable bonds is 7. The first kappa shape index (κ1) is 21.9. The van der Waals surface area contributed by atoms with Crippen LogP contribution in [0.4, 0.5) is 5.69 Å². The summed E-state index contributed by atoms with van der Waals surface area (Å²) in [5.41, 5.74) is 0.468. The SMILES string of the molecule is CC(C)C[C@@H](C(=O)OCC(=O)Nc1ccc2c(c1)OCO2)N1C(=O)[C@H]2CC=CC[C@H]2C1=O. The molecule has 3 atom stereocenters. The number of carbonyl (C=O) groups excluding carboxylic acids is 4. The molecule has 32 heavy (non-hydrogen) atoms. The van der Waals surface area contributed by atoms with Crippen LogP contribution in [-0.4, -0.2) is 48.0 Å². The van der Waals surface area contributed by atoms with Crippen molar-refractivity contribution in [1.82, 2.24) is 4.90 Å². The lowest BCUT2D eigenvalue weighted by molar-refractivity contribution is -0.160. The summed E-state index contributed by atoms with van der Waals surface area (Å²) >= 11 is 0. The number of benzene rings is 1. The van der Waals surface area contributed by atoms with Crippen molar-refractivity contribution in [3.63, 3.8) is 0 Å². The number of ether oxygens (including phenoxy) is 3. The van der Waals surface area contributed by atoms with E-state index in [0.717, 1.165) is 4.90 Å². The van der Waals surface area contributed by atoms with Gasteiger partial charge in [0.25, 0.3) is 5.91 Å². The number of imide groups is 1.